The van der Waals surface area contributed by atoms with Crippen LogP contribution in [0.5, 0.6) is 0 Å². The van der Waals surface area contributed by atoms with Crippen LogP contribution in [0.2, 0.25) is 0 Å². The van der Waals surface area contributed by atoms with Crippen LogP contribution < -0.4 is 0 Å². The van der Waals surface area contributed by atoms with Crippen molar-refractivity contribution in [3.63, 3.8) is 0 Å². The molecule has 0 amide bonds. The van der Waals surface area contributed by atoms with Gasteiger partial charge in [-0.2, -0.15) is 5.26 Å². The standard InChI is InChI=1S/C9H10N2S/c1-2-3-7-4-9(12)5-8(6-10)11-7/h4-5H,2-3H2,1H3,(H,11,12). The third kappa shape index (κ3) is 2.18. The summed E-state index contributed by atoms with van der Waals surface area (Å²) in [6, 6.07) is 5.62. The molecule has 1 aromatic heterocycles. The highest BCUT2D eigenvalue weighted by Gasteiger charge is 1.94. The third-order valence-corrected chi connectivity index (χ3v) is 1.77. The highest BCUT2D eigenvalue weighted by molar-refractivity contribution is 7.71. The van der Waals surface area contributed by atoms with E-state index in [2.05, 4.69) is 11.9 Å². The molecule has 0 spiro atoms. The fourth-order valence-corrected chi connectivity index (χ4v) is 1.33. The summed E-state index contributed by atoms with van der Waals surface area (Å²) in [5.74, 6) is 0. The van der Waals surface area contributed by atoms with Crippen LogP contribution >= 0.6 is 12.2 Å². The molecule has 12 heavy (non-hydrogen) atoms. The van der Waals surface area contributed by atoms with Gasteiger partial charge in [-0.05, 0) is 18.6 Å². The van der Waals surface area contributed by atoms with E-state index in [0.29, 0.717) is 5.69 Å². The van der Waals surface area contributed by atoms with E-state index >= 15 is 0 Å². The summed E-state index contributed by atoms with van der Waals surface area (Å²) in [6.45, 7) is 2.09. The molecule has 62 valence electrons. The van der Waals surface area contributed by atoms with Crippen molar-refractivity contribution in [2.45, 2.75) is 19.8 Å². The number of rotatable bonds is 2. The highest BCUT2D eigenvalue weighted by atomic mass is 32.1. The van der Waals surface area contributed by atoms with E-state index in [-0.39, 0.29) is 0 Å². The Balaban J connectivity index is 3.09. The van der Waals surface area contributed by atoms with Crippen molar-refractivity contribution < 1.29 is 0 Å². The average molecular weight is 178 g/mol. The number of hydrogen-bond donors (Lipinski definition) is 1. The third-order valence-electron chi connectivity index (χ3n) is 1.54. The lowest BCUT2D eigenvalue weighted by molar-refractivity contribution is 0.878. The Labute approximate surface area is 76.9 Å². The molecule has 0 saturated heterocycles. The zero-order chi connectivity index (χ0) is 8.97. The number of aromatic amines is 1. The van der Waals surface area contributed by atoms with Gasteiger partial charge in [-0.1, -0.05) is 25.6 Å². The Kier molecular flexibility index (Phi) is 3.01. The first-order chi connectivity index (χ1) is 5.76. The molecular weight excluding hydrogens is 168 g/mol. The lowest BCUT2D eigenvalue weighted by Gasteiger charge is -1.98. The molecule has 1 aromatic rings. The minimum atomic E-state index is 0.547. The zero-order valence-corrected chi connectivity index (χ0v) is 7.74. The van der Waals surface area contributed by atoms with E-state index in [1.54, 1.807) is 6.07 Å². The molecule has 3 heteroatoms. The van der Waals surface area contributed by atoms with Gasteiger partial charge in [0.05, 0.1) is 0 Å². The maximum Gasteiger partial charge on any atom is 0.119 e. The molecule has 0 fully saturated rings. The van der Waals surface area contributed by atoms with Gasteiger partial charge in [0, 0.05) is 10.2 Å². The molecule has 0 radical (unpaired) electrons. The van der Waals surface area contributed by atoms with E-state index < -0.39 is 0 Å². The Morgan fingerprint density at radius 2 is 2.33 bits per heavy atom. The van der Waals surface area contributed by atoms with Crippen LogP contribution in [0.25, 0.3) is 0 Å². The Hall–Kier alpha value is -1.14. The topological polar surface area (TPSA) is 39.6 Å². The van der Waals surface area contributed by atoms with Gasteiger partial charge in [-0.3, -0.25) is 0 Å². The Bertz CT molecular complexity index is 360. The van der Waals surface area contributed by atoms with Crippen molar-refractivity contribution in [1.82, 2.24) is 4.98 Å². The monoisotopic (exact) mass is 178 g/mol. The molecule has 0 saturated carbocycles. The first kappa shape index (κ1) is 8.95. The molecule has 0 aliphatic heterocycles. The molecule has 0 aromatic carbocycles. The number of H-pyrrole nitrogens is 1. The van der Waals surface area contributed by atoms with Gasteiger partial charge < -0.3 is 4.98 Å². The SMILES string of the molecule is CCCc1cc(=S)cc(C#N)[nH]1. The molecular formula is C9H10N2S. The van der Waals surface area contributed by atoms with Crippen LogP contribution in [0.15, 0.2) is 12.1 Å². The molecule has 2 nitrogen and oxygen atoms in total. The predicted molar refractivity (Wildman–Crippen MR) is 50.3 cm³/mol. The van der Waals surface area contributed by atoms with E-state index in [1.165, 1.54) is 0 Å². The second-order valence-corrected chi connectivity index (χ2v) is 3.09. The van der Waals surface area contributed by atoms with E-state index in [0.717, 1.165) is 23.0 Å². The summed E-state index contributed by atoms with van der Waals surface area (Å²) in [5, 5.41) is 8.63. The second kappa shape index (κ2) is 4.03. The molecule has 0 bridgehead atoms. The van der Waals surface area contributed by atoms with Crippen molar-refractivity contribution in [2.75, 3.05) is 0 Å². The van der Waals surface area contributed by atoms with E-state index in [9.17, 15) is 0 Å². The molecule has 1 rings (SSSR count). The lowest BCUT2D eigenvalue weighted by atomic mass is 10.2. The van der Waals surface area contributed by atoms with Gasteiger partial charge in [0.15, 0.2) is 0 Å². The number of pyridine rings is 1. The van der Waals surface area contributed by atoms with Gasteiger partial charge >= 0.3 is 0 Å². The summed E-state index contributed by atoms with van der Waals surface area (Å²) >= 11 is 5.00. The number of nitrogens with zero attached hydrogens (tertiary/aromatic N) is 1. The van der Waals surface area contributed by atoms with Crippen LogP contribution in [0.1, 0.15) is 24.7 Å². The average Bonchev–Trinajstić information content (AvgIpc) is 2.04. The minimum absolute atomic E-state index is 0.547. The van der Waals surface area contributed by atoms with Crippen molar-refractivity contribution >= 4 is 12.2 Å². The molecule has 1 N–H and O–H groups in total. The summed E-state index contributed by atoms with van der Waals surface area (Å²) in [4.78, 5) is 3.01. The second-order valence-electron chi connectivity index (χ2n) is 2.62. The first-order valence-electron chi connectivity index (χ1n) is 3.89. The zero-order valence-electron chi connectivity index (χ0n) is 6.92. The van der Waals surface area contributed by atoms with Crippen molar-refractivity contribution in [3.8, 4) is 6.07 Å². The largest absolute Gasteiger partial charge is 0.350 e. The fourth-order valence-electron chi connectivity index (χ4n) is 1.07. The van der Waals surface area contributed by atoms with Crippen LogP contribution in [-0.2, 0) is 6.42 Å². The number of aryl methyl sites for hydroxylation is 1. The van der Waals surface area contributed by atoms with Gasteiger partial charge in [-0.25, -0.2) is 0 Å². The van der Waals surface area contributed by atoms with Crippen molar-refractivity contribution in [1.29, 1.82) is 5.26 Å². The number of nitriles is 1. The quantitative estimate of drug-likeness (QED) is 0.707. The summed E-state index contributed by atoms with van der Waals surface area (Å²) in [7, 11) is 0. The van der Waals surface area contributed by atoms with Crippen LogP contribution in [-0.4, -0.2) is 4.98 Å². The van der Waals surface area contributed by atoms with Crippen LogP contribution in [0, 0.1) is 15.8 Å². The van der Waals surface area contributed by atoms with Gasteiger partial charge in [0.25, 0.3) is 0 Å². The minimum Gasteiger partial charge on any atom is -0.350 e. The van der Waals surface area contributed by atoms with Gasteiger partial charge in [-0.15, -0.1) is 0 Å². The summed E-state index contributed by atoms with van der Waals surface area (Å²) in [6.07, 6.45) is 2.00. The molecule has 0 unspecified atom stereocenters. The van der Waals surface area contributed by atoms with Crippen molar-refractivity contribution in [2.24, 2.45) is 0 Å². The Morgan fingerprint density at radius 1 is 1.58 bits per heavy atom. The molecule has 0 aliphatic rings. The van der Waals surface area contributed by atoms with E-state index in [1.807, 2.05) is 12.1 Å². The highest BCUT2D eigenvalue weighted by Crippen LogP contribution is 2.03. The predicted octanol–water partition coefficient (Wildman–Crippen LogP) is 2.57. The van der Waals surface area contributed by atoms with E-state index in [4.69, 9.17) is 17.5 Å². The summed E-state index contributed by atoms with van der Waals surface area (Å²) in [5.41, 5.74) is 1.59. The normalized spacial score (nSPS) is 9.33. The molecule has 1 heterocycles. The first-order valence-corrected chi connectivity index (χ1v) is 4.30. The fraction of sp³-hybridized carbons (Fsp3) is 0.333. The van der Waals surface area contributed by atoms with Crippen LogP contribution in [0.3, 0.4) is 0 Å². The number of aromatic nitrogens is 1. The Morgan fingerprint density at radius 3 is 2.92 bits per heavy atom. The number of hydrogen-bond acceptors (Lipinski definition) is 2. The summed E-state index contributed by atoms with van der Waals surface area (Å²) < 4.78 is 0.730. The number of nitrogens with one attached hydrogen (secondary N) is 1. The van der Waals surface area contributed by atoms with Gasteiger partial charge in [0.1, 0.15) is 11.8 Å². The molecule has 0 aliphatic carbocycles. The smallest absolute Gasteiger partial charge is 0.119 e. The van der Waals surface area contributed by atoms with Gasteiger partial charge in [0.2, 0.25) is 0 Å². The maximum atomic E-state index is 8.63. The van der Waals surface area contributed by atoms with Crippen molar-refractivity contribution in [3.05, 3.63) is 28.0 Å². The molecule has 0 atom stereocenters. The lowest BCUT2D eigenvalue weighted by Crippen LogP contribution is -1.91. The van der Waals surface area contributed by atoms with Crippen LogP contribution in [0.4, 0.5) is 0 Å². The maximum absolute atomic E-state index is 8.63.